The van der Waals surface area contributed by atoms with E-state index in [4.69, 9.17) is 5.11 Å². The Morgan fingerprint density at radius 3 is 2.57 bits per heavy atom. The van der Waals surface area contributed by atoms with Crippen molar-refractivity contribution in [1.29, 1.82) is 0 Å². The van der Waals surface area contributed by atoms with Gasteiger partial charge in [0.05, 0.1) is 6.54 Å². The Bertz CT molecular complexity index is 653. The molecule has 4 heteroatoms. The molecule has 2 rings (SSSR count). The molecular weight excluding hydrogens is 282 g/mol. The second kappa shape index (κ2) is 6.59. The van der Waals surface area contributed by atoms with E-state index < -0.39 is 5.97 Å². The minimum Gasteiger partial charge on any atom is -0.478 e. The fraction of sp³-hybridized carbons (Fsp3) is 0.235. The first kappa shape index (κ1) is 15.3. The Labute approximate surface area is 129 Å². The predicted octanol–water partition coefficient (Wildman–Crippen LogP) is 4.10. The molecule has 0 aliphatic rings. The molecular formula is C17H19NO2S. The molecule has 0 fully saturated rings. The van der Waals surface area contributed by atoms with E-state index in [-0.39, 0.29) is 0 Å². The number of hydrogen-bond donors (Lipinski definition) is 1. The van der Waals surface area contributed by atoms with E-state index in [0.717, 1.165) is 17.0 Å². The second-order valence-electron chi connectivity index (χ2n) is 5.17. The molecule has 110 valence electrons. The Balaban J connectivity index is 2.18. The molecule has 0 radical (unpaired) electrons. The maximum absolute atomic E-state index is 10.6. The van der Waals surface area contributed by atoms with Crippen LogP contribution in [0.1, 0.15) is 21.6 Å². The van der Waals surface area contributed by atoms with Crippen molar-refractivity contribution in [2.75, 3.05) is 11.9 Å². The largest absolute Gasteiger partial charge is 0.478 e. The fourth-order valence-corrected chi connectivity index (χ4v) is 3.19. The highest BCUT2D eigenvalue weighted by molar-refractivity contribution is 7.10. The molecule has 0 atom stereocenters. The number of carbonyl (C=O) groups is 1. The van der Waals surface area contributed by atoms with Gasteiger partial charge < -0.3 is 10.0 Å². The molecule has 0 spiro atoms. The molecule has 0 amide bonds. The van der Waals surface area contributed by atoms with Crippen LogP contribution in [0, 0.1) is 13.8 Å². The van der Waals surface area contributed by atoms with Crippen molar-refractivity contribution in [2.45, 2.75) is 20.4 Å². The molecule has 1 aromatic heterocycles. The normalized spacial score (nSPS) is 11.0. The van der Waals surface area contributed by atoms with Crippen molar-refractivity contribution in [3.8, 4) is 0 Å². The molecule has 0 bridgehead atoms. The first-order chi connectivity index (χ1) is 9.95. The molecule has 1 N–H and O–H groups in total. The lowest BCUT2D eigenvalue weighted by atomic mass is 10.1. The molecule has 0 aliphatic heterocycles. The zero-order chi connectivity index (χ0) is 15.4. The van der Waals surface area contributed by atoms with Crippen LogP contribution in [-0.2, 0) is 11.3 Å². The van der Waals surface area contributed by atoms with Crippen LogP contribution in [0.4, 0.5) is 5.69 Å². The molecule has 1 aromatic carbocycles. The van der Waals surface area contributed by atoms with E-state index in [1.807, 2.05) is 11.4 Å². The predicted molar refractivity (Wildman–Crippen MR) is 89.0 cm³/mol. The van der Waals surface area contributed by atoms with Gasteiger partial charge in [-0.1, -0.05) is 6.07 Å². The van der Waals surface area contributed by atoms with Crippen molar-refractivity contribution in [1.82, 2.24) is 0 Å². The molecule has 0 saturated carbocycles. The number of hydrogen-bond acceptors (Lipinski definition) is 3. The van der Waals surface area contributed by atoms with Gasteiger partial charge in [-0.3, -0.25) is 0 Å². The summed E-state index contributed by atoms with van der Waals surface area (Å²) in [5.74, 6) is -0.921. The van der Waals surface area contributed by atoms with Gasteiger partial charge in [0.25, 0.3) is 0 Å². The van der Waals surface area contributed by atoms with E-state index in [2.05, 4.69) is 44.0 Å². The van der Waals surface area contributed by atoms with E-state index >= 15 is 0 Å². The van der Waals surface area contributed by atoms with Crippen LogP contribution in [0.5, 0.6) is 0 Å². The van der Waals surface area contributed by atoms with Crippen molar-refractivity contribution < 1.29 is 9.90 Å². The highest BCUT2D eigenvalue weighted by atomic mass is 32.1. The zero-order valence-corrected chi connectivity index (χ0v) is 13.3. The van der Waals surface area contributed by atoms with Crippen LogP contribution in [-0.4, -0.2) is 18.1 Å². The summed E-state index contributed by atoms with van der Waals surface area (Å²) in [7, 11) is 2.05. The van der Waals surface area contributed by atoms with E-state index in [1.165, 1.54) is 22.9 Å². The number of thiophene rings is 1. The average Bonchev–Trinajstić information content (AvgIpc) is 2.82. The summed E-state index contributed by atoms with van der Waals surface area (Å²) in [5.41, 5.74) is 4.63. The SMILES string of the molecule is Cc1cc(C)cc(N(C)Cc2sccc2C=CC(=O)O)c1. The minimum atomic E-state index is -0.921. The third kappa shape index (κ3) is 4.20. The van der Waals surface area contributed by atoms with Gasteiger partial charge in [-0.05, 0) is 60.2 Å². The maximum Gasteiger partial charge on any atom is 0.328 e. The van der Waals surface area contributed by atoms with Crippen molar-refractivity contribution in [3.05, 3.63) is 57.3 Å². The third-order valence-electron chi connectivity index (χ3n) is 3.21. The first-order valence-corrected chi connectivity index (χ1v) is 7.60. The van der Waals surface area contributed by atoms with Gasteiger partial charge in [0, 0.05) is 23.7 Å². The summed E-state index contributed by atoms with van der Waals surface area (Å²) in [4.78, 5) is 14.0. The van der Waals surface area contributed by atoms with Gasteiger partial charge in [-0.15, -0.1) is 11.3 Å². The van der Waals surface area contributed by atoms with E-state index in [9.17, 15) is 4.79 Å². The lowest BCUT2D eigenvalue weighted by Gasteiger charge is -2.20. The molecule has 3 nitrogen and oxygen atoms in total. The van der Waals surface area contributed by atoms with Gasteiger partial charge in [0.2, 0.25) is 0 Å². The van der Waals surface area contributed by atoms with Crippen LogP contribution in [0.2, 0.25) is 0 Å². The van der Waals surface area contributed by atoms with Gasteiger partial charge in [-0.2, -0.15) is 0 Å². The van der Waals surface area contributed by atoms with E-state index in [1.54, 1.807) is 17.4 Å². The molecule has 0 saturated heterocycles. The molecule has 0 aliphatic carbocycles. The third-order valence-corrected chi connectivity index (χ3v) is 4.13. The number of carboxylic acids is 1. The van der Waals surface area contributed by atoms with Crippen LogP contribution < -0.4 is 4.90 Å². The van der Waals surface area contributed by atoms with Gasteiger partial charge in [0.1, 0.15) is 0 Å². The maximum atomic E-state index is 10.6. The summed E-state index contributed by atoms with van der Waals surface area (Å²) in [6.45, 7) is 4.95. The summed E-state index contributed by atoms with van der Waals surface area (Å²) >= 11 is 1.65. The quantitative estimate of drug-likeness (QED) is 0.845. The van der Waals surface area contributed by atoms with E-state index in [0.29, 0.717) is 0 Å². The fourth-order valence-electron chi connectivity index (χ4n) is 2.27. The summed E-state index contributed by atoms with van der Waals surface area (Å²) in [6, 6.07) is 8.43. The van der Waals surface area contributed by atoms with Gasteiger partial charge in [0.15, 0.2) is 0 Å². The number of benzene rings is 1. The van der Waals surface area contributed by atoms with Crippen molar-refractivity contribution in [2.24, 2.45) is 0 Å². The molecule has 0 unspecified atom stereocenters. The van der Waals surface area contributed by atoms with Gasteiger partial charge in [-0.25, -0.2) is 4.79 Å². The van der Waals surface area contributed by atoms with Crippen molar-refractivity contribution in [3.63, 3.8) is 0 Å². The second-order valence-corrected chi connectivity index (χ2v) is 6.17. The Morgan fingerprint density at radius 2 is 1.95 bits per heavy atom. The van der Waals surface area contributed by atoms with Crippen LogP contribution in [0.3, 0.4) is 0 Å². The highest BCUT2D eigenvalue weighted by Crippen LogP contribution is 2.24. The minimum absolute atomic E-state index is 0.764. The topological polar surface area (TPSA) is 40.5 Å². The number of aryl methyl sites for hydroxylation is 2. The first-order valence-electron chi connectivity index (χ1n) is 6.72. The Hall–Kier alpha value is -2.07. The standard InChI is InChI=1S/C17H19NO2S/c1-12-8-13(2)10-15(9-12)18(3)11-16-14(6-7-21-16)4-5-17(19)20/h4-10H,11H2,1-3H3,(H,19,20). The number of anilines is 1. The number of nitrogens with zero attached hydrogens (tertiary/aromatic N) is 1. The smallest absolute Gasteiger partial charge is 0.328 e. The monoisotopic (exact) mass is 301 g/mol. The number of carboxylic acid groups (broad SMARTS) is 1. The van der Waals surface area contributed by atoms with Crippen LogP contribution in [0.25, 0.3) is 6.08 Å². The lowest BCUT2D eigenvalue weighted by Crippen LogP contribution is -2.16. The number of rotatable bonds is 5. The Morgan fingerprint density at radius 1 is 1.29 bits per heavy atom. The zero-order valence-electron chi connectivity index (χ0n) is 12.5. The average molecular weight is 301 g/mol. The summed E-state index contributed by atoms with van der Waals surface area (Å²) in [6.07, 6.45) is 2.84. The Kier molecular flexibility index (Phi) is 4.81. The molecule has 21 heavy (non-hydrogen) atoms. The molecule has 2 aromatic rings. The van der Waals surface area contributed by atoms with Crippen molar-refractivity contribution >= 4 is 29.1 Å². The van der Waals surface area contributed by atoms with Gasteiger partial charge >= 0.3 is 5.97 Å². The summed E-state index contributed by atoms with van der Waals surface area (Å²) < 4.78 is 0. The highest BCUT2D eigenvalue weighted by Gasteiger charge is 2.08. The molecule has 1 heterocycles. The van der Waals surface area contributed by atoms with Crippen LogP contribution >= 0.6 is 11.3 Å². The van der Waals surface area contributed by atoms with Crippen LogP contribution in [0.15, 0.2) is 35.7 Å². The number of aliphatic carboxylic acids is 1. The summed E-state index contributed by atoms with van der Waals surface area (Å²) in [5, 5.41) is 10.7. The lowest BCUT2D eigenvalue weighted by molar-refractivity contribution is -0.131.